The summed E-state index contributed by atoms with van der Waals surface area (Å²) in [4.78, 5) is 28.6. The summed E-state index contributed by atoms with van der Waals surface area (Å²) in [5.41, 5.74) is 2.43. The maximum atomic E-state index is 12.4. The normalized spacial score (nSPS) is 16.3. The number of nitrogens with zero attached hydrogens (tertiary/aromatic N) is 1. The molecule has 0 spiro atoms. The highest BCUT2D eigenvalue weighted by Crippen LogP contribution is 2.38. The number of hydrogen-bond acceptors (Lipinski definition) is 6. The van der Waals surface area contributed by atoms with Gasteiger partial charge in [-0.05, 0) is 54.3 Å². The van der Waals surface area contributed by atoms with Gasteiger partial charge in [-0.3, -0.25) is 14.6 Å². The van der Waals surface area contributed by atoms with Crippen LogP contribution < -0.4 is 19.5 Å². The molecule has 1 aliphatic heterocycles. The van der Waals surface area contributed by atoms with Crippen molar-refractivity contribution in [2.75, 3.05) is 13.4 Å². The van der Waals surface area contributed by atoms with Gasteiger partial charge in [-0.1, -0.05) is 37.8 Å². The van der Waals surface area contributed by atoms with E-state index in [1.165, 1.54) is 12.8 Å². The predicted octanol–water partition coefficient (Wildman–Crippen LogP) is 4.79. The lowest BCUT2D eigenvalue weighted by Crippen LogP contribution is -2.37. The Hall–Kier alpha value is -3.81. The molecule has 8 nitrogen and oxygen atoms in total. The zero-order valence-corrected chi connectivity index (χ0v) is 20.1. The second kappa shape index (κ2) is 10.8. The van der Waals surface area contributed by atoms with Crippen LogP contribution in [-0.2, 0) is 9.59 Å². The lowest BCUT2D eigenvalue weighted by Gasteiger charge is -2.18. The minimum absolute atomic E-state index is 0.0672. The number of fused-ring (bicyclic) bond motifs is 2. The van der Waals surface area contributed by atoms with Crippen molar-refractivity contribution in [1.82, 2.24) is 10.3 Å². The van der Waals surface area contributed by atoms with Gasteiger partial charge < -0.3 is 24.6 Å². The van der Waals surface area contributed by atoms with Crippen LogP contribution in [0.15, 0.2) is 48.7 Å². The van der Waals surface area contributed by atoms with E-state index in [0.717, 1.165) is 47.7 Å². The Balaban J connectivity index is 1.32. The average molecular weight is 491 g/mol. The molecule has 2 N–H and O–H groups in total. The van der Waals surface area contributed by atoms with E-state index in [1.807, 2.05) is 36.4 Å². The van der Waals surface area contributed by atoms with Crippen molar-refractivity contribution in [2.24, 2.45) is 0 Å². The topological polar surface area (TPSA) is 107 Å². The molecule has 1 aromatic heterocycles. The smallest absolute Gasteiger partial charge is 0.304 e. The third-order valence-electron chi connectivity index (χ3n) is 6.85. The van der Waals surface area contributed by atoms with E-state index in [-0.39, 0.29) is 37.7 Å². The molecule has 8 heteroatoms. The fourth-order valence-electron chi connectivity index (χ4n) is 5.00. The van der Waals surface area contributed by atoms with E-state index >= 15 is 0 Å². The monoisotopic (exact) mass is 490 g/mol. The van der Waals surface area contributed by atoms with Crippen LogP contribution in [0.25, 0.3) is 10.9 Å². The molecule has 0 radical (unpaired) electrons. The summed E-state index contributed by atoms with van der Waals surface area (Å²) in [7, 11) is 0. The third-order valence-corrected chi connectivity index (χ3v) is 6.85. The van der Waals surface area contributed by atoms with Crippen LogP contribution in [0.5, 0.6) is 17.2 Å². The number of amides is 1. The predicted molar refractivity (Wildman–Crippen MR) is 134 cm³/mol. The number of aliphatic carboxylic acids is 1. The van der Waals surface area contributed by atoms with E-state index in [4.69, 9.17) is 14.2 Å². The molecular weight excluding hydrogens is 460 g/mol. The van der Waals surface area contributed by atoms with E-state index in [0.29, 0.717) is 17.2 Å². The molecule has 1 fully saturated rings. The van der Waals surface area contributed by atoms with Gasteiger partial charge in [0, 0.05) is 17.3 Å². The van der Waals surface area contributed by atoms with Gasteiger partial charge in [0.1, 0.15) is 5.75 Å². The fourth-order valence-corrected chi connectivity index (χ4v) is 5.00. The zero-order chi connectivity index (χ0) is 24.9. The molecule has 1 unspecified atom stereocenters. The van der Waals surface area contributed by atoms with Crippen LogP contribution in [0.4, 0.5) is 0 Å². The molecule has 2 aliphatic rings. The summed E-state index contributed by atoms with van der Waals surface area (Å²) in [6, 6.07) is 13.3. The summed E-state index contributed by atoms with van der Waals surface area (Å²) in [6.45, 7) is 0.0910. The molecule has 5 rings (SSSR count). The van der Waals surface area contributed by atoms with E-state index in [9.17, 15) is 14.7 Å². The summed E-state index contributed by atoms with van der Waals surface area (Å²) in [5.74, 6) is 0.362. The molecule has 36 heavy (non-hydrogen) atoms. The highest BCUT2D eigenvalue weighted by Gasteiger charge is 2.22. The Kier molecular flexibility index (Phi) is 7.21. The number of carboxylic acids is 1. The number of carbonyl (C=O) groups excluding carboxylic acids is 1. The minimum Gasteiger partial charge on any atom is -0.482 e. The summed E-state index contributed by atoms with van der Waals surface area (Å²) >= 11 is 0. The number of rotatable bonds is 8. The lowest BCUT2D eigenvalue weighted by atomic mass is 9.87. The van der Waals surface area contributed by atoms with Gasteiger partial charge in [-0.25, -0.2) is 0 Å². The average Bonchev–Trinajstić information content (AvgIpc) is 3.20. The van der Waals surface area contributed by atoms with Crippen LogP contribution >= 0.6 is 0 Å². The van der Waals surface area contributed by atoms with Crippen LogP contribution in [0, 0.1) is 0 Å². The van der Waals surface area contributed by atoms with Gasteiger partial charge in [-0.2, -0.15) is 0 Å². The van der Waals surface area contributed by atoms with Crippen molar-refractivity contribution in [3.05, 3.63) is 59.8 Å². The number of nitrogens with one attached hydrogen (secondary N) is 1. The van der Waals surface area contributed by atoms with E-state index < -0.39 is 5.97 Å². The standard InChI is InChI=1S/C28H30N2O6/c31-27(30-21-5-3-1-2-4-6-21)16-34-22-12-20-11-18(7-9-24(20)29-15-22)23(14-28(32)33)19-8-10-25-26(13-19)36-17-35-25/h7-13,15,21,23H,1-6,14,16-17H2,(H,30,31)(H,32,33). The van der Waals surface area contributed by atoms with Crippen LogP contribution in [-0.4, -0.2) is 41.4 Å². The van der Waals surface area contributed by atoms with Crippen LogP contribution in [0.2, 0.25) is 0 Å². The highest BCUT2D eigenvalue weighted by molar-refractivity contribution is 5.82. The Labute approximate surface area is 209 Å². The summed E-state index contributed by atoms with van der Waals surface area (Å²) in [6.07, 6.45) is 8.34. The minimum atomic E-state index is -0.896. The second-order valence-corrected chi connectivity index (χ2v) is 9.43. The number of ether oxygens (including phenoxy) is 3. The molecule has 2 heterocycles. The van der Waals surface area contributed by atoms with Crippen molar-refractivity contribution in [1.29, 1.82) is 0 Å². The molecule has 1 amide bonds. The molecule has 2 aromatic carbocycles. The fraction of sp³-hybridized carbons (Fsp3) is 0.393. The van der Waals surface area contributed by atoms with Crippen molar-refractivity contribution >= 4 is 22.8 Å². The number of benzene rings is 2. The molecule has 1 saturated carbocycles. The van der Waals surface area contributed by atoms with Gasteiger partial charge in [-0.15, -0.1) is 0 Å². The zero-order valence-electron chi connectivity index (χ0n) is 20.1. The number of carboxylic acid groups (broad SMARTS) is 1. The molecule has 1 aliphatic carbocycles. The SMILES string of the molecule is O=C(O)CC(c1ccc2c(c1)OCO2)c1ccc2ncc(OCC(=O)NC3CCCCCC3)cc2c1. The molecule has 0 bridgehead atoms. The summed E-state index contributed by atoms with van der Waals surface area (Å²) in [5, 5.41) is 13.5. The van der Waals surface area contributed by atoms with Crippen molar-refractivity contribution < 1.29 is 28.9 Å². The van der Waals surface area contributed by atoms with Gasteiger partial charge in [0.2, 0.25) is 6.79 Å². The molecule has 1 atom stereocenters. The maximum Gasteiger partial charge on any atom is 0.304 e. The number of carbonyl (C=O) groups is 2. The second-order valence-electron chi connectivity index (χ2n) is 9.43. The number of hydrogen-bond donors (Lipinski definition) is 2. The first-order valence-corrected chi connectivity index (χ1v) is 12.5. The molecule has 3 aromatic rings. The Morgan fingerprint density at radius 3 is 2.56 bits per heavy atom. The van der Waals surface area contributed by atoms with Crippen LogP contribution in [0.1, 0.15) is 62.0 Å². The Morgan fingerprint density at radius 1 is 1.00 bits per heavy atom. The van der Waals surface area contributed by atoms with Crippen molar-refractivity contribution in [3.63, 3.8) is 0 Å². The first-order chi connectivity index (χ1) is 17.5. The number of aromatic nitrogens is 1. The largest absolute Gasteiger partial charge is 0.482 e. The Morgan fingerprint density at radius 2 is 1.75 bits per heavy atom. The van der Waals surface area contributed by atoms with E-state index in [1.54, 1.807) is 12.3 Å². The first-order valence-electron chi connectivity index (χ1n) is 12.5. The molecule has 0 saturated heterocycles. The molecular formula is C28H30N2O6. The van der Waals surface area contributed by atoms with Crippen molar-refractivity contribution in [2.45, 2.75) is 56.9 Å². The Bertz CT molecular complexity index is 1250. The first kappa shape index (κ1) is 23.9. The third kappa shape index (κ3) is 5.70. The van der Waals surface area contributed by atoms with Gasteiger partial charge in [0.15, 0.2) is 18.1 Å². The highest BCUT2D eigenvalue weighted by atomic mass is 16.7. The number of pyridine rings is 1. The quantitative estimate of drug-likeness (QED) is 0.437. The lowest BCUT2D eigenvalue weighted by molar-refractivity contribution is -0.137. The van der Waals surface area contributed by atoms with Gasteiger partial charge in [0.25, 0.3) is 5.91 Å². The molecule has 188 valence electrons. The maximum absolute atomic E-state index is 12.4. The summed E-state index contributed by atoms with van der Waals surface area (Å²) < 4.78 is 16.6. The van der Waals surface area contributed by atoms with Gasteiger partial charge >= 0.3 is 5.97 Å². The van der Waals surface area contributed by atoms with Gasteiger partial charge in [0.05, 0.1) is 18.1 Å². The van der Waals surface area contributed by atoms with Crippen molar-refractivity contribution in [3.8, 4) is 17.2 Å². The van der Waals surface area contributed by atoms with E-state index in [2.05, 4.69) is 10.3 Å². The van der Waals surface area contributed by atoms with Crippen LogP contribution in [0.3, 0.4) is 0 Å².